The van der Waals surface area contributed by atoms with E-state index in [-0.39, 0.29) is 12.0 Å². The van der Waals surface area contributed by atoms with Crippen molar-refractivity contribution in [3.05, 3.63) is 0 Å². The van der Waals surface area contributed by atoms with Crippen LogP contribution in [0.3, 0.4) is 0 Å². The molecule has 0 bridgehead atoms. The first-order valence-electron chi connectivity index (χ1n) is 6.12. The topological polar surface area (TPSA) is 21.3 Å². The summed E-state index contributed by atoms with van der Waals surface area (Å²) in [5.74, 6) is 0. The van der Waals surface area contributed by atoms with E-state index in [1.54, 1.807) is 0 Å². The SMILES string of the molecule is CCCNCC(C)(C)CCCOCC(F)(F)F. The lowest BCUT2D eigenvalue weighted by atomic mass is 9.88. The standard InChI is InChI=1S/C12H24F3NO/c1-4-7-16-9-11(2,3)6-5-8-17-10-12(13,14)15/h16H,4-10H2,1-3H3. The number of hydrogen-bond acceptors (Lipinski definition) is 2. The highest BCUT2D eigenvalue weighted by Crippen LogP contribution is 2.21. The molecular formula is C12H24F3NO. The van der Waals surface area contributed by atoms with Crippen LogP contribution in [0.25, 0.3) is 0 Å². The van der Waals surface area contributed by atoms with Gasteiger partial charge in [-0.25, -0.2) is 0 Å². The molecule has 0 radical (unpaired) electrons. The van der Waals surface area contributed by atoms with E-state index in [0.717, 1.165) is 25.9 Å². The van der Waals surface area contributed by atoms with Crippen LogP contribution in [0.2, 0.25) is 0 Å². The van der Waals surface area contributed by atoms with E-state index in [1.807, 2.05) is 0 Å². The summed E-state index contributed by atoms with van der Waals surface area (Å²) >= 11 is 0. The predicted octanol–water partition coefficient (Wildman–Crippen LogP) is 3.37. The molecule has 2 nitrogen and oxygen atoms in total. The highest BCUT2D eigenvalue weighted by atomic mass is 19.4. The van der Waals surface area contributed by atoms with Crippen molar-refractivity contribution in [2.75, 3.05) is 26.3 Å². The van der Waals surface area contributed by atoms with Crippen LogP contribution in [0.15, 0.2) is 0 Å². The van der Waals surface area contributed by atoms with E-state index in [2.05, 4.69) is 30.8 Å². The lowest BCUT2D eigenvalue weighted by Gasteiger charge is -2.25. The number of halogens is 3. The van der Waals surface area contributed by atoms with Crippen LogP contribution in [-0.4, -0.2) is 32.5 Å². The largest absolute Gasteiger partial charge is 0.411 e. The van der Waals surface area contributed by atoms with Gasteiger partial charge in [-0.15, -0.1) is 0 Å². The van der Waals surface area contributed by atoms with Gasteiger partial charge in [0.2, 0.25) is 0 Å². The van der Waals surface area contributed by atoms with Gasteiger partial charge in [0.1, 0.15) is 6.61 Å². The molecule has 0 unspecified atom stereocenters. The summed E-state index contributed by atoms with van der Waals surface area (Å²) in [5, 5.41) is 3.32. The fourth-order valence-electron chi connectivity index (χ4n) is 1.53. The molecule has 0 aromatic heterocycles. The molecule has 0 aliphatic carbocycles. The fourth-order valence-corrected chi connectivity index (χ4v) is 1.53. The Hall–Kier alpha value is -0.290. The lowest BCUT2D eigenvalue weighted by molar-refractivity contribution is -0.174. The van der Waals surface area contributed by atoms with Crippen molar-refractivity contribution in [2.24, 2.45) is 5.41 Å². The fraction of sp³-hybridized carbons (Fsp3) is 1.00. The molecule has 0 saturated carbocycles. The van der Waals surface area contributed by atoms with E-state index in [1.165, 1.54) is 0 Å². The monoisotopic (exact) mass is 255 g/mol. The Labute approximate surface area is 102 Å². The maximum atomic E-state index is 11.8. The van der Waals surface area contributed by atoms with Gasteiger partial charge in [-0.05, 0) is 31.2 Å². The summed E-state index contributed by atoms with van der Waals surface area (Å²) in [7, 11) is 0. The van der Waals surface area contributed by atoms with E-state index in [0.29, 0.717) is 6.42 Å². The number of ether oxygens (including phenoxy) is 1. The van der Waals surface area contributed by atoms with Crippen molar-refractivity contribution >= 4 is 0 Å². The second kappa shape index (κ2) is 7.93. The summed E-state index contributed by atoms with van der Waals surface area (Å²) in [4.78, 5) is 0. The Bertz CT molecular complexity index is 193. The van der Waals surface area contributed by atoms with Crippen LogP contribution in [0.5, 0.6) is 0 Å². The maximum Gasteiger partial charge on any atom is 0.411 e. The highest BCUT2D eigenvalue weighted by molar-refractivity contribution is 4.71. The van der Waals surface area contributed by atoms with Crippen molar-refractivity contribution in [3.63, 3.8) is 0 Å². The Morgan fingerprint density at radius 1 is 1.18 bits per heavy atom. The summed E-state index contributed by atoms with van der Waals surface area (Å²) in [5.41, 5.74) is 0.108. The van der Waals surface area contributed by atoms with Gasteiger partial charge < -0.3 is 10.1 Å². The Kier molecular flexibility index (Phi) is 7.79. The van der Waals surface area contributed by atoms with Gasteiger partial charge in [0.05, 0.1) is 0 Å². The van der Waals surface area contributed by atoms with E-state index in [9.17, 15) is 13.2 Å². The van der Waals surface area contributed by atoms with Crippen LogP contribution >= 0.6 is 0 Å². The molecule has 0 aromatic carbocycles. The predicted molar refractivity (Wildman–Crippen MR) is 63.0 cm³/mol. The second-order valence-corrected chi connectivity index (χ2v) is 5.11. The number of hydrogen-bond donors (Lipinski definition) is 1. The first-order valence-corrected chi connectivity index (χ1v) is 6.12. The summed E-state index contributed by atoms with van der Waals surface area (Å²) < 4.78 is 39.9. The van der Waals surface area contributed by atoms with Crippen molar-refractivity contribution < 1.29 is 17.9 Å². The van der Waals surface area contributed by atoms with E-state index < -0.39 is 12.8 Å². The van der Waals surface area contributed by atoms with Crippen molar-refractivity contribution in [1.82, 2.24) is 5.32 Å². The second-order valence-electron chi connectivity index (χ2n) is 5.11. The first-order chi connectivity index (χ1) is 7.77. The van der Waals surface area contributed by atoms with Crippen LogP contribution in [0.1, 0.15) is 40.0 Å². The first kappa shape index (κ1) is 16.7. The average molecular weight is 255 g/mol. The number of rotatable bonds is 9. The van der Waals surface area contributed by atoms with E-state index >= 15 is 0 Å². The Morgan fingerprint density at radius 2 is 1.82 bits per heavy atom. The van der Waals surface area contributed by atoms with Crippen molar-refractivity contribution in [1.29, 1.82) is 0 Å². The highest BCUT2D eigenvalue weighted by Gasteiger charge is 2.27. The molecule has 0 atom stereocenters. The molecule has 5 heteroatoms. The smallest absolute Gasteiger partial charge is 0.372 e. The minimum absolute atomic E-state index is 0.108. The molecule has 0 aliphatic rings. The molecule has 1 N–H and O–H groups in total. The third-order valence-electron chi connectivity index (χ3n) is 2.44. The van der Waals surface area contributed by atoms with Crippen LogP contribution < -0.4 is 5.32 Å². The van der Waals surface area contributed by atoms with Crippen molar-refractivity contribution in [3.8, 4) is 0 Å². The van der Waals surface area contributed by atoms with Crippen LogP contribution in [0.4, 0.5) is 13.2 Å². The van der Waals surface area contributed by atoms with Gasteiger partial charge >= 0.3 is 6.18 Å². The number of alkyl halides is 3. The van der Waals surface area contributed by atoms with Crippen LogP contribution in [-0.2, 0) is 4.74 Å². The quantitative estimate of drug-likeness (QED) is 0.638. The van der Waals surface area contributed by atoms with Gasteiger partial charge in [-0.3, -0.25) is 0 Å². The molecule has 0 heterocycles. The molecule has 104 valence electrons. The van der Waals surface area contributed by atoms with Gasteiger partial charge in [-0.1, -0.05) is 20.8 Å². The molecule has 0 rings (SSSR count). The molecule has 0 spiro atoms. The average Bonchev–Trinajstić information content (AvgIpc) is 2.15. The minimum Gasteiger partial charge on any atom is -0.372 e. The zero-order chi connectivity index (χ0) is 13.4. The zero-order valence-electron chi connectivity index (χ0n) is 11.0. The zero-order valence-corrected chi connectivity index (χ0v) is 11.0. The molecular weight excluding hydrogens is 231 g/mol. The van der Waals surface area contributed by atoms with Gasteiger partial charge in [-0.2, -0.15) is 13.2 Å². The van der Waals surface area contributed by atoms with Gasteiger partial charge in [0.25, 0.3) is 0 Å². The molecule has 0 amide bonds. The molecule has 17 heavy (non-hydrogen) atoms. The molecule has 0 aliphatic heterocycles. The molecule has 0 fully saturated rings. The van der Waals surface area contributed by atoms with Crippen LogP contribution in [0, 0.1) is 5.41 Å². The third kappa shape index (κ3) is 12.0. The van der Waals surface area contributed by atoms with Gasteiger partial charge in [0.15, 0.2) is 0 Å². The van der Waals surface area contributed by atoms with Crippen molar-refractivity contribution in [2.45, 2.75) is 46.2 Å². The van der Waals surface area contributed by atoms with E-state index in [4.69, 9.17) is 0 Å². The van der Waals surface area contributed by atoms with Gasteiger partial charge in [0, 0.05) is 13.2 Å². The summed E-state index contributed by atoms with van der Waals surface area (Å²) in [6, 6.07) is 0. The normalized spacial score (nSPS) is 13.1. The minimum atomic E-state index is -4.21. The molecule has 0 aromatic rings. The summed E-state index contributed by atoms with van der Waals surface area (Å²) in [6.07, 6.45) is -1.60. The molecule has 0 saturated heterocycles. The number of nitrogens with one attached hydrogen (secondary N) is 1. The lowest BCUT2D eigenvalue weighted by Crippen LogP contribution is -2.30. The Balaban J connectivity index is 3.51. The summed E-state index contributed by atoms with van der Waals surface area (Å²) in [6.45, 7) is 7.23. The Morgan fingerprint density at radius 3 is 2.35 bits per heavy atom. The maximum absolute atomic E-state index is 11.8. The third-order valence-corrected chi connectivity index (χ3v) is 2.44.